The van der Waals surface area contributed by atoms with Gasteiger partial charge in [-0.25, -0.2) is 5.01 Å². The number of amides is 2. The second kappa shape index (κ2) is 5.44. The van der Waals surface area contributed by atoms with Crippen LogP contribution >= 0.6 is 0 Å². The fourth-order valence-electron chi connectivity index (χ4n) is 2.38. The van der Waals surface area contributed by atoms with Crippen molar-refractivity contribution in [2.45, 2.75) is 0 Å². The van der Waals surface area contributed by atoms with Crippen LogP contribution in [-0.2, 0) is 4.79 Å². The van der Waals surface area contributed by atoms with Gasteiger partial charge in [-0.1, -0.05) is 18.2 Å². The van der Waals surface area contributed by atoms with Gasteiger partial charge in [0.15, 0.2) is 0 Å². The fraction of sp³-hybridized carbons (Fsp3) is 0.286. The zero-order valence-electron chi connectivity index (χ0n) is 10.9. The maximum Gasteiger partial charge on any atom is 0.335 e. The number of imide groups is 1. The van der Waals surface area contributed by atoms with Crippen molar-refractivity contribution in [3.8, 4) is 0 Å². The number of hydrogen-bond donors (Lipinski definition) is 2. The Kier molecular flexibility index (Phi) is 3.49. The normalized spacial score (nSPS) is 16.2. The molecule has 1 aromatic carbocycles. The van der Waals surface area contributed by atoms with Crippen LogP contribution in [0.5, 0.6) is 0 Å². The van der Waals surface area contributed by atoms with Crippen molar-refractivity contribution in [3.63, 3.8) is 0 Å². The molecule has 0 aliphatic carbocycles. The molecule has 0 saturated carbocycles. The second-order valence-corrected chi connectivity index (χ2v) is 4.68. The average Bonchev–Trinajstić information content (AvgIpc) is 2.93. The molecule has 1 fully saturated rings. The summed E-state index contributed by atoms with van der Waals surface area (Å²) in [6.45, 7) is 2.72. The summed E-state index contributed by atoms with van der Waals surface area (Å²) >= 11 is 0. The Morgan fingerprint density at radius 2 is 2.00 bits per heavy atom. The topological polar surface area (TPSA) is 68.4 Å². The van der Waals surface area contributed by atoms with Crippen LogP contribution in [0.4, 0.5) is 0 Å². The van der Waals surface area contributed by atoms with Gasteiger partial charge in [0.25, 0.3) is 5.91 Å². The molecule has 20 heavy (non-hydrogen) atoms. The standard InChI is InChI=1S/C14H15N4O2/c19-10-18(17-7-5-15-6-8-17)14(20)13-9-11-3-1-2-4-12(11)16-13/h1-4,9,15-16H,5-8H2. The molecule has 1 aromatic heterocycles. The molecule has 103 valence electrons. The Balaban J connectivity index is 1.87. The van der Waals surface area contributed by atoms with E-state index in [0.29, 0.717) is 18.8 Å². The number of carbonyl (C=O) groups excluding carboxylic acids is 2. The van der Waals surface area contributed by atoms with Crippen LogP contribution < -0.4 is 5.32 Å². The van der Waals surface area contributed by atoms with Crippen LogP contribution in [0.15, 0.2) is 30.3 Å². The third kappa shape index (κ3) is 2.31. The second-order valence-electron chi connectivity index (χ2n) is 4.68. The molecule has 3 rings (SSSR count). The molecule has 0 unspecified atom stereocenters. The van der Waals surface area contributed by atoms with Crippen LogP contribution in [0, 0.1) is 0 Å². The minimum absolute atomic E-state index is 0.377. The molecule has 1 aliphatic rings. The highest BCUT2D eigenvalue weighted by atomic mass is 16.2. The number of benzene rings is 1. The first kappa shape index (κ1) is 12.8. The Morgan fingerprint density at radius 1 is 1.25 bits per heavy atom. The van der Waals surface area contributed by atoms with E-state index in [1.165, 1.54) is 0 Å². The fourth-order valence-corrected chi connectivity index (χ4v) is 2.38. The summed E-state index contributed by atoms with van der Waals surface area (Å²) in [5.74, 6) is -0.377. The number of aromatic amines is 1. The third-order valence-electron chi connectivity index (χ3n) is 3.42. The van der Waals surface area contributed by atoms with E-state index in [0.717, 1.165) is 29.0 Å². The molecular formula is C14H15N4O2. The zero-order valence-corrected chi connectivity index (χ0v) is 10.9. The Morgan fingerprint density at radius 3 is 2.70 bits per heavy atom. The van der Waals surface area contributed by atoms with Gasteiger partial charge in [0.05, 0.1) is 0 Å². The summed E-state index contributed by atoms with van der Waals surface area (Å²) in [7, 11) is 0. The highest BCUT2D eigenvalue weighted by Gasteiger charge is 2.25. The van der Waals surface area contributed by atoms with Gasteiger partial charge >= 0.3 is 6.41 Å². The lowest BCUT2D eigenvalue weighted by atomic mass is 10.2. The zero-order chi connectivity index (χ0) is 13.9. The Labute approximate surface area is 116 Å². The third-order valence-corrected chi connectivity index (χ3v) is 3.42. The Bertz CT molecular complexity index is 598. The molecule has 1 aliphatic heterocycles. The number of para-hydroxylation sites is 1. The first-order valence-electron chi connectivity index (χ1n) is 6.55. The highest BCUT2D eigenvalue weighted by molar-refractivity contribution is 6.01. The predicted octanol–water partition coefficient (Wildman–Crippen LogP) is 0.497. The number of aromatic nitrogens is 1. The first-order valence-corrected chi connectivity index (χ1v) is 6.55. The van der Waals surface area contributed by atoms with Crippen LogP contribution in [0.1, 0.15) is 10.5 Å². The largest absolute Gasteiger partial charge is 0.350 e. The van der Waals surface area contributed by atoms with Crippen LogP contribution in [0.25, 0.3) is 10.9 Å². The van der Waals surface area contributed by atoms with Gasteiger partial charge in [0, 0.05) is 37.1 Å². The number of carbonyl (C=O) groups is 1. The molecule has 2 N–H and O–H groups in total. The molecule has 2 heterocycles. The highest BCUT2D eigenvalue weighted by Crippen LogP contribution is 2.16. The minimum Gasteiger partial charge on any atom is -0.350 e. The van der Waals surface area contributed by atoms with Gasteiger partial charge in [-0.15, -0.1) is 0 Å². The quantitative estimate of drug-likeness (QED) is 0.798. The molecule has 0 spiro atoms. The van der Waals surface area contributed by atoms with E-state index in [2.05, 4.69) is 10.3 Å². The maximum atomic E-state index is 12.4. The van der Waals surface area contributed by atoms with E-state index in [1.807, 2.05) is 24.3 Å². The number of fused-ring (bicyclic) bond motifs is 1. The molecule has 6 heteroatoms. The van der Waals surface area contributed by atoms with Crippen molar-refractivity contribution in [1.82, 2.24) is 20.3 Å². The van der Waals surface area contributed by atoms with Gasteiger partial charge in [-0.05, 0) is 12.1 Å². The van der Waals surface area contributed by atoms with Crippen LogP contribution in [-0.4, -0.2) is 53.5 Å². The molecule has 1 saturated heterocycles. The van der Waals surface area contributed by atoms with Crippen molar-refractivity contribution in [2.24, 2.45) is 0 Å². The Hall–Kier alpha value is -2.18. The number of hydrogen-bond acceptors (Lipinski definition) is 4. The summed E-state index contributed by atoms with van der Waals surface area (Å²) in [6, 6.07) is 9.37. The van der Waals surface area contributed by atoms with E-state index in [9.17, 15) is 9.59 Å². The number of rotatable bonds is 3. The number of piperazine rings is 1. The van der Waals surface area contributed by atoms with E-state index in [-0.39, 0.29) is 5.91 Å². The molecule has 2 amide bonds. The van der Waals surface area contributed by atoms with E-state index in [4.69, 9.17) is 0 Å². The van der Waals surface area contributed by atoms with Gasteiger partial charge < -0.3 is 10.3 Å². The molecule has 2 aromatic rings. The van der Waals surface area contributed by atoms with Crippen LogP contribution in [0.3, 0.4) is 0 Å². The number of nitrogens with zero attached hydrogens (tertiary/aromatic N) is 2. The van der Waals surface area contributed by atoms with E-state index in [1.54, 1.807) is 17.5 Å². The number of nitrogens with one attached hydrogen (secondary N) is 2. The minimum atomic E-state index is -0.377. The molecule has 6 nitrogen and oxygen atoms in total. The molecular weight excluding hydrogens is 256 g/mol. The summed E-state index contributed by atoms with van der Waals surface area (Å²) in [5, 5.41) is 6.86. The summed E-state index contributed by atoms with van der Waals surface area (Å²) in [5.41, 5.74) is 1.27. The van der Waals surface area contributed by atoms with Crippen molar-refractivity contribution in [1.29, 1.82) is 0 Å². The monoisotopic (exact) mass is 271 g/mol. The van der Waals surface area contributed by atoms with E-state index < -0.39 is 0 Å². The lowest BCUT2D eigenvalue weighted by molar-refractivity contribution is 0.0229. The summed E-state index contributed by atoms with van der Waals surface area (Å²) in [4.78, 5) is 26.6. The molecule has 0 atom stereocenters. The summed E-state index contributed by atoms with van der Waals surface area (Å²) in [6.07, 6.45) is 1.73. The van der Waals surface area contributed by atoms with Gasteiger partial charge in [-0.2, -0.15) is 5.01 Å². The lowest BCUT2D eigenvalue weighted by Gasteiger charge is -2.32. The number of H-pyrrole nitrogens is 1. The smallest absolute Gasteiger partial charge is 0.335 e. The SMILES string of the molecule is O=[C]N(C(=O)c1cc2ccccc2[nH]1)N1CCNCC1. The lowest BCUT2D eigenvalue weighted by Crippen LogP contribution is -2.54. The van der Waals surface area contributed by atoms with E-state index >= 15 is 0 Å². The first-order chi connectivity index (χ1) is 9.79. The predicted molar refractivity (Wildman–Crippen MR) is 74.6 cm³/mol. The van der Waals surface area contributed by atoms with Crippen molar-refractivity contribution in [2.75, 3.05) is 26.2 Å². The number of hydrazine groups is 1. The molecule has 1 radical (unpaired) electrons. The molecule has 0 bridgehead atoms. The average molecular weight is 271 g/mol. The summed E-state index contributed by atoms with van der Waals surface area (Å²) < 4.78 is 0. The van der Waals surface area contributed by atoms with Crippen molar-refractivity contribution >= 4 is 23.2 Å². The van der Waals surface area contributed by atoms with Crippen molar-refractivity contribution in [3.05, 3.63) is 36.0 Å². The van der Waals surface area contributed by atoms with Gasteiger partial charge in [-0.3, -0.25) is 9.59 Å². The maximum absolute atomic E-state index is 12.4. The van der Waals surface area contributed by atoms with Crippen molar-refractivity contribution < 1.29 is 9.59 Å². The van der Waals surface area contributed by atoms with Gasteiger partial charge in [0.2, 0.25) is 0 Å². The van der Waals surface area contributed by atoms with Gasteiger partial charge in [0.1, 0.15) is 5.69 Å². The van der Waals surface area contributed by atoms with Crippen LogP contribution in [0.2, 0.25) is 0 Å².